The van der Waals surface area contributed by atoms with Crippen molar-refractivity contribution in [2.45, 2.75) is 18.0 Å². The third-order valence-electron chi connectivity index (χ3n) is 5.37. The molecular formula is C22H30FN5O2S. The lowest BCUT2D eigenvalue weighted by atomic mass is 10.2. The molecule has 0 spiro atoms. The van der Waals surface area contributed by atoms with Gasteiger partial charge in [-0.05, 0) is 36.4 Å². The SMILES string of the molecule is CN=C(NCc1ccccc1S(=O)(=O)N1CCN(C)CC1)N(C)Cc1cccc(F)c1. The first-order valence-corrected chi connectivity index (χ1v) is 11.7. The fourth-order valence-electron chi connectivity index (χ4n) is 3.61. The summed E-state index contributed by atoms with van der Waals surface area (Å²) in [6.07, 6.45) is 0. The van der Waals surface area contributed by atoms with E-state index in [1.165, 1.54) is 12.1 Å². The van der Waals surface area contributed by atoms with E-state index in [1.807, 2.05) is 37.2 Å². The normalized spacial score (nSPS) is 16.3. The van der Waals surface area contributed by atoms with Crippen molar-refractivity contribution in [2.75, 3.05) is 47.3 Å². The van der Waals surface area contributed by atoms with Crippen LogP contribution in [0.15, 0.2) is 58.4 Å². The van der Waals surface area contributed by atoms with Gasteiger partial charge < -0.3 is 15.1 Å². The largest absolute Gasteiger partial charge is 0.352 e. The van der Waals surface area contributed by atoms with Crippen molar-refractivity contribution in [3.05, 3.63) is 65.5 Å². The number of likely N-dealkylation sites (N-methyl/N-ethyl adjacent to an activating group) is 1. The standard InChI is InChI=1S/C22H30FN5O2S/c1-24-22(27(3)17-18-7-6-9-20(23)15-18)25-16-19-8-4-5-10-21(19)31(29,30)28-13-11-26(2)12-14-28/h4-10,15H,11-14,16-17H2,1-3H3,(H,24,25). The van der Waals surface area contributed by atoms with E-state index in [0.29, 0.717) is 42.6 Å². The number of benzene rings is 2. The van der Waals surface area contributed by atoms with E-state index in [4.69, 9.17) is 0 Å². The van der Waals surface area contributed by atoms with Crippen LogP contribution in [0.2, 0.25) is 0 Å². The number of nitrogens with zero attached hydrogens (tertiary/aromatic N) is 4. The van der Waals surface area contributed by atoms with E-state index in [9.17, 15) is 12.8 Å². The number of guanidine groups is 1. The summed E-state index contributed by atoms with van der Waals surface area (Å²) >= 11 is 0. The first-order valence-electron chi connectivity index (χ1n) is 10.2. The van der Waals surface area contributed by atoms with E-state index in [-0.39, 0.29) is 5.82 Å². The Balaban J connectivity index is 1.71. The highest BCUT2D eigenvalue weighted by Crippen LogP contribution is 2.21. The predicted molar refractivity (Wildman–Crippen MR) is 121 cm³/mol. The van der Waals surface area contributed by atoms with Crippen LogP contribution in [0.4, 0.5) is 4.39 Å². The number of hydrogen-bond acceptors (Lipinski definition) is 4. The third-order valence-corrected chi connectivity index (χ3v) is 7.37. The minimum atomic E-state index is -3.57. The molecule has 1 fully saturated rings. The molecule has 0 bridgehead atoms. The Hall–Kier alpha value is -2.49. The van der Waals surface area contributed by atoms with Crippen LogP contribution in [-0.4, -0.2) is 75.8 Å². The quantitative estimate of drug-likeness (QED) is 0.542. The molecule has 1 N–H and O–H groups in total. The molecule has 1 aliphatic heterocycles. The minimum absolute atomic E-state index is 0.281. The molecule has 0 amide bonds. The number of piperazine rings is 1. The number of aliphatic imine (C=N–C) groups is 1. The zero-order valence-electron chi connectivity index (χ0n) is 18.3. The Morgan fingerprint density at radius 2 is 1.84 bits per heavy atom. The van der Waals surface area contributed by atoms with Gasteiger partial charge in [0.05, 0.1) is 4.90 Å². The van der Waals surface area contributed by atoms with Crippen molar-refractivity contribution >= 4 is 16.0 Å². The van der Waals surface area contributed by atoms with Crippen molar-refractivity contribution in [3.8, 4) is 0 Å². The molecule has 168 valence electrons. The van der Waals surface area contributed by atoms with Gasteiger partial charge in [0.15, 0.2) is 5.96 Å². The smallest absolute Gasteiger partial charge is 0.243 e. The monoisotopic (exact) mass is 447 g/mol. The Labute approximate surface area is 184 Å². The molecular weight excluding hydrogens is 417 g/mol. The number of halogens is 1. The second-order valence-electron chi connectivity index (χ2n) is 7.70. The van der Waals surface area contributed by atoms with E-state index in [2.05, 4.69) is 15.2 Å². The molecule has 7 nitrogen and oxygen atoms in total. The van der Waals surface area contributed by atoms with E-state index >= 15 is 0 Å². The number of nitrogens with one attached hydrogen (secondary N) is 1. The molecule has 1 heterocycles. The Bertz CT molecular complexity index is 1020. The number of sulfonamides is 1. The summed E-state index contributed by atoms with van der Waals surface area (Å²) in [4.78, 5) is 8.59. The Morgan fingerprint density at radius 1 is 1.13 bits per heavy atom. The zero-order valence-corrected chi connectivity index (χ0v) is 19.1. The maximum atomic E-state index is 13.5. The summed E-state index contributed by atoms with van der Waals surface area (Å²) in [6.45, 7) is 3.19. The van der Waals surface area contributed by atoms with Gasteiger partial charge in [0.2, 0.25) is 10.0 Å². The Kier molecular flexibility index (Phi) is 7.64. The summed E-state index contributed by atoms with van der Waals surface area (Å²) in [5.41, 5.74) is 1.50. The summed E-state index contributed by atoms with van der Waals surface area (Å²) < 4.78 is 41.5. The number of hydrogen-bond donors (Lipinski definition) is 1. The van der Waals surface area contributed by atoms with Gasteiger partial charge in [-0.25, -0.2) is 12.8 Å². The fraction of sp³-hybridized carbons (Fsp3) is 0.409. The molecule has 0 aromatic heterocycles. The highest BCUT2D eigenvalue weighted by atomic mass is 32.2. The van der Waals surface area contributed by atoms with Gasteiger partial charge in [0.1, 0.15) is 5.82 Å². The van der Waals surface area contributed by atoms with Gasteiger partial charge in [-0.1, -0.05) is 30.3 Å². The van der Waals surface area contributed by atoms with Crippen LogP contribution >= 0.6 is 0 Å². The first kappa shape index (κ1) is 23.2. The van der Waals surface area contributed by atoms with Crippen molar-refractivity contribution in [1.82, 2.24) is 19.4 Å². The van der Waals surface area contributed by atoms with Crippen LogP contribution in [0.5, 0.6) is 0 Å². The number of rotatable bonds is 6. The molecule has 0 saturated carbocycles. The molecule has 1 saturated heterocycles. The van der Waals surface area contributed by atoms with Crippen LogP contribution in [0.3, 0.4) is 0 Å². The average Bonchev–Trinajstić information content (AvgIpc) is 2.75. The lowest BCUT2D eigenvalue weighted by Gasteiger charge is -2.32. The molecule has 9 heteroatoms. The Morgan fingerprint density at radius 3 is 2.52 bits per heavy atom. The van der Waals surface area contributed by atoms with Crippen LogP contribution in [0, 0.1) is 5.82 Å². The second-order valence-corrected chi connectivity index (χ2v) is 9.61. The van der Waals surface area contributed by atoms with Crippen molar-refractivity contribution in [2.24, 2.45) is 4.99 Å². The van der Waals surface area contributed by atoms with Gasteiger partial charge in [-0.15, -0.1) is 0 Å². The van der Waals surface area contributed by atoms with Crippen LogP contribution in [-0.2, 0) is 23.1 Å². The van der Waals surface area contributed by atoms with Crippen LogP contribution < -0.4 is 5.32 Å². The van der Waals surface area contributed by atoms with Gasteiger partial charge in [0.25, 0.3) is 0 Å². The zero-order chi connectivity index (χ0) is 22.4. The molecule has 0 radical (unpaired) electrons. The van der Waals surface area contributed by atoms with Crippen molar-refractivity contribution in [1.29, 1.82) is 0 Å². The van der Waals surface area contributed by atoms with Gasteiger partial charge in [0, 0.05) is 53.4 Å². The summed E-state index contributed by atoms with van der Waals surface area (Å²) in [7, 11) is 1.94. The fourth-order valence-corrected chi connectivity index (χ4v) is 5.26. The maximum absolute atomic E-state index is 13.5. The topological polar surface area (TPSA) is 68.2 Å². The highest BCUT2D eigenvalue weighted by Gasteiger charge is 2.29. The van der Waals surface area contributed by atoms with Crippen LogP contribution in [0.25, 0.3) is 0 Å². The summed E-state index contributed by atoms with van der Waals surface area (Å²) in [5, 5.41) is 3.23. The van der Waals surface area contributed by atoms with Crippen molar-refractivity contribution in [3.63, 3.8) is 0 Å². The molecule has 2 aromatic carbocycles. The second kappa shape index (κ2) is 10.2. The van der Waals surface area contributed by atoms with E-state index in [1.54, 1.807) is 29.6 Å². The lowest BCUT2D eigenvalue weighted by Crippen LogP contribution is -2.47. The third kappa shape index (κ3) is 5.81. The average molecular weight is 448 g/mol. The molecule has 3 rings (SSSR count). The molecule has 2 aromatic rings. The minimum Gasteiger partial charge on any atom is -0.352 e. The van der Waals surface area contributed by atoms with Gasteiger partial charge in [-0.3, -0.25) is 4.99 Å². The van der Waals surface area contributed by atoms with Crippen molar-refractivity contribution < 1.29 is 12.8 Å². The molecule has 0 unspecified atom stereocenters. The van der Waals surface area contributed by atoms with Gasteiger partial charge in [-0.2, -0.15) is 4.31 Å². The maximum Gasteiger partial charge on any atom is 0.243 e. The summed E-state index contributed by atoms with van der Waals surface area (Å²) in [5.74, 6) is 0.313. The first-order chi connectivity index (χ1) is 14.8. The predicted octanol–water partition coefficient (Wildman–Crippen LogP) is 1.97. The lowest BCUT2D eigenvalue weighted by molar-refractivity contribution is 0.222. The van der Waals surface area contributed by atoms with Gasteiger partial charge >= 0.3 is 0 Å². The molecule has 31 heavy (non-hydrogen) atoms. The van der Waals surface area contributed by atoms with E-state index in [0.717, 1.165) is 18.7 Å². The van der Waals surface area contributed by atoms with Crippen LogP contribution in [0.1, 0.15) is 11.1 Å². The highest BCUT2D eigenvalue weighted by molar-refractivity contribution is 7.89. The van der Waals surface area contributed by atoms with E-state index < -0.39 is 10.0 Å². The summed E-state index contributed by atoms with van der Waals surface area (Å²) in [6, 6.07) is 13.5. The molecule has 1 aliphatic rings. The molecule has 0 atom stereocenters. The molecule has 0 aliphatic carbocycles.